The topological polar surface area (TPSA) is 12.0 Å². The fourth-order valence-electron chi connectivity index (χ4n) is 4.85. The predicted octanol–water partition coefficient (Wildman–Crippen LogP) is 4.57. The Morgan fingerprint density at radius 2 is 1.35 bits per heavy atom. The fourth-order valence-corrected chi connectivity index (χ4v) is 9.87. The van der Waals surface area contributed by atoms with Crippen molar-refractivity contribution < 1.29 is 0 Å². The standard InChI is InChI=1S/C18H31NSi/c1-12-13(2)15(4)18(14(12)3)20(6,7)17-11-9-8-10-16(17)19-5/h8-15,18-19H,1-7H3. The van der Waals surface area contributed by atoms with Crippen LogP contribution in [0.4, 0.5) is 5.69 Å². The van der Waals surface area contributed by atoms with Gasteiger partial charge < -0.3 is 5.32 Å². The van der Waals surface area contributed by atoms with Gasteiger partial charge in [0, 0.05) is 12.7 Å². The first-order valence-corrected chi connectivity index (χ1v) is 11.2. The van der Waals surface area contributed by atoms with Crippen molar-refractivity contribution in [2.45, 2.75) is 46.3 Å². The van der Waals surface area contributed by atoms with E-state index in [2.05, 4.69) is 77.4 Å². The van der Waals surface area contributed by atoms with Crippen LogP contribution in [-0.4, -0.2) is 15.1 Å². The summed E-state index contributed by atoms with van der Waals surface area (Å²) in [6.45, 7) is 15.1. The van der Waals surface area contributed by atoms with Gasteiger partial charge in [0.2, 0.25) is 0 Å². The Labute approximate surface area is 126 Å². The number of hydrogen-bond donors (Lipinski definition) is 1. The molecule has 1 aromatic rings. The Bertz CT molecular complexity index is 454. The molecule has 0 amide bonds. The van der Waals surface area contributed by atoms with E-state index in [1.165, 1.54) is 5.69 Å². The van der Waals surface area contributed by atoms with Crippen LogP contribution in [-0.2, 0) is 0 Å². The van der Waals surface area contributed by atoms with Gasteiger partial charge in [0.25, 0.3) is 0 Å². The van der Waals surface area contributed by atoms with Crippen molar-refractivity contribution in [2.75, 3.05) is 12.4 Å². The highest BCUT2D eigenvalue weighted by Gasteiger charge is 2.50. The summed E-state index contributed by atoms with van der Waals surface area (Å²) in [4.78, 5) is 0. The van der Waals surface area contributed by atoms with Gasteiger partial charge in [-0.05, 0) is 40.5 Å². The lowest BCUT2D eigenvalue weighted by molar-refractivity contribution is 0.352. The molecule has 112 valence electrons. The highest BCUT2D eigenvalue weighted by atomic mass is 28.3. The van der Waals surface area contributed by atoms with Crippen molar-refractivity contribution in [3.05, 3.63) is 24.3 Å². The highest BCUT2D eigenvalue weighted by Crippen LogP contribution is 2.53. The Morgan fingerprint density at radius 3 is 1.85 bits per heavy atom. The molecule has 1 saturated carbocycles. The van der Waals surface area contributed by atoms with Gasteiger partial charge in [-0.15, -0.1) is 0 Å². The van der Waals surface area contributed by atoms with Crippen LogP contribution in [0.1, 0.15) is 27.7 Å². The lowest BCUT2D eigenvalue weighted by Gasteiger charge is -2.38. The lowest BCUT2D eigenvalue weighted by atomic mass is 9.92. The van der Waals surface area contributed by atoms with Crippen molar-refractivity contribution in [1.82, 2.24) is 0 Å². The minimum absolute atomic E-state index is 0.839. The molecule has 2 heteroatoms. The van der Waals surface area contributed by atoms with Crippen LogP contribution >= 0.6 is 0 Å². The summed E-state index contributed by atoms with van der Waals surface area (Å²) in [6.07, 6.45) is 0. The van der Waals surface area contributed by atoms with E-state index >= 15 is 0 Å². The molecule has 1 aromatic carbocycles. The molecule has 1 N–H and O–H groups in total. The minimum atomic E-state index is -1.48. The number of benzene rings is 1. The normalized spacial score (nSPS) is 34.2. The van der Waals surface area contributed by atoms with Crippen molar-refractivity contribution in [3.8, 4) is 0 Å². The summed E-state index contributed by atoms with van der Waals surface area (Å²) in [7, 11) is 0.567. The third kappa shape index (κ3) is 2.32. The summed E-state index contributed by atoms with van der Waals surface area (Å²) in [5, 5.41) is 5.02. The Kier molecular flexibility index (Phi) is 4.34. The fraction of sp³-hybridized carbons (Fsp3) is 0.667. The molecule has 0 aromatic heterocycles. The van der Waals surface area contributed by atoms with Gasteiger partial charge in [-0.25, -0.2) is 0 Å². The molecule has 0 spiro atoms. The summed E-state index contributed by atoms with van der Waals surface area (Å²) in [6, 6.07) is 8.96. The molecule has 1 aliphatic rings. The van der Waals surface area contributed by atoms with Crippen LogP contribution < -0.4 is 10.5 Å². The van der Waals surface area contributed by atoms with E-state index in [0.29, 0.717) is 0 Å². The number of para-hydroxylation sites is 1. The number of hydrogen-bond acceptors (Lipinski definition) is 1. The third-order valence-electron chi connectivity index (χ3n) is 6.34. The molecular weight excluding hydrogens is 258 g/mol. The maximum Gasteiger partial charge on any atom is 0.0869 e. The average molecular weight is 290 g/mol. The SMILES string of the molecule is CNc1ccccc1[Si](C)(C)C1C(C)C(C)C(C)C1C. The number of anilines is 1. The molecule has 20 heavy (non-hydrogen) atoms. The first-order valence-electron chi connectivity index (χ1n) is 8.09. The number of nitrogens with one attached hydrogen (secondary N) is 1. The monoisotopic (exact) mass is 289 g/mol. The predicted molar refractivity (Wildman–Crippen MR) is 93.5 cm³/mol. The molecule has 1 aliphatic carbocycles. The van der Waals surface area contributed by atoms with Crippen LogP contribution in [0.5, 0.6) is 0 Å². The van der Waals surface area contributed by atoms with Crippen LogP contribution in [0, 0.1) is 23.7 Å². The molecule has 1 fully saturated rings. The van der Waals surface area contributed by atoms with E-state index < -0.39 is 8.07 Å². The molecule has 4 atom stereocenters. The van der Waals surface area contributed by atoms with Gasteiger partial charge in [0.1, 0.15) is 0 Å². The molecular formula is C18H31NSi. The van der Waals surface area contributed by atoms with E-state index in [0.717, 1.165) is 29.2 Å². The van der Waals surface area contributed by atoms with E-state index in [4.69, 9.17) is 0 Å². The van der Waals surface area contributed by atoms with Crippen molar-refractivity contribution in [3.63, 3.8) is 0 Å². The molecule has 0 saturated heterocycles. The molecule has 1 nitrogen and oxygen atoms in total. The van der Waals surface area contributed by atoms with Gasteiger partial charge >= 0.3 is 0 Å². The van der Waals surface area contributed by atoms with Crippen LogP contribution in [0.25, 0.3) is 0 Å². The van der Waals surface area contributed by atoms with Crippen LogP contribution in [0.15, 0.2) is 24.3 Å². The maximum atomic E-state index is 3.41. The quantitative estimate of drug-likeness (QED) is 0.804. The van der Waals surface area contributed by atoms with E-state index in [1.807, 2.05) is 0 Å². The molecule has 2 rings (SSSR count). The Morgan fingerprint density at radius 1 is 0.850 bits per heavy atom. The molecule has 0 bridgehead atoms. The van der Waals surface area contributed by atoms with E-state index in [-0.39, 0.29) is 0 Å². The third-order valence-corrected chi connectivity index (χ3v) is 10.9. The molecule has 0 heterocycles. The second kappa shape index (κ2) is 5.55. The lowest BCUT2D eigenvalue weighted by Crippen LogP contribution is -2.49. The average Bonchev–Trinajstić information content (AvgIpc) is 2.63. The molecule has 0 radical (unpaired) electrons. The van der Waals surface area contributed by atoms with Crippen molar-refractivity contribution in [2.24, 2.45) is 23.7 Å². The minimum Gasteiger partial charge on any atom is -0.388 e. The zero-order chi connectivity index (χ0) is 15.1. The van der Waals surface area contributed by atoms with Crippen molar-refractivity contribution in [1.29, 1.82) is 0 Å². The van der Waals surface area contributed by atoms with Gasteiger partial charge in [-0.1, -0.05) is 59.0 Å². The smallest absolute Gasteiger partial charge is 0.0869 e. The van der Waals surface area contributed by atoms with Gasteiger partial charge in [-0.3, -0.25) is 0 Å². The van der Waals surface area contributed by atoms with Crippen LogP contribution in [0.3, 0.4) is 0 Å². The second-order valence-corrected chi connectivity index (χ2v) is 12.1. The summed E-state index contributed by atoms with van der Waals surface area (Å²) >= 11 is 0. The van der Waals surface area contributed by atoms with Gasteiger partial charge in [0.05, 0.1) is 8.07 Å². The molecule has 4 unspecified atom stereocenters. The van der Waals surface area contributed by atoms with E-state index in [9.17, 15) is 0 Å². The molecule has 0 aliphatic heterocycles. The zero-order valence-electron chi connectivity index (χ0n) is 14.2. The zero-order valence-corrected chi connectivity index (χ0v) is 15.2. The summed E-state index contributed by atoms with van der Waals surface area (Å²) < 4.78 is 0. The summed E-state index contributed by atoms with van der Waals surface area (Å²) in [5.74, 6) is 3.38. The Hall–Kier alpha value is -0.763. The van der Waals surface area contributed by atoms with Crippen LogP contribution in [0.2, 0.25) is 18.6 Å². The van der Waals surface area contributed by atoms with Crippen molar-refractivity contribution >= 4 is 18.9 Å². The van der Waals surface area contributed by atoms with E-state index in [1.54, 1.807) is 5.19 Å². The Balaban J connectivity index is 2.44. The van der Waals surface area contributed by atoms with Gasteiger partial charge in [0.15, 0.2) is 0 Å². The number of rotatable bonds is 3. The first kappa shape index (κ1) is 15.6. The van der Waals surface area contributed by atoms with Gasteiger partial charge in [-0.2, -0.15) is 0 Å². The maximum absolute atomic E-state index is 3.41. The highest BCUT2D eigenvalue weighted by molar-refractivity contribution is 6.92. The largest absolute Gasteiger partial charge is 0.388 e. The first-order chi connectivity index (χ1) is 9.32. The second-order valence-electron chi connectivity index (χ2n) is 7.48. The summed E-state index contributed by atoms with van der Waals surface area (Å²) in [5.41, 5.74) is 2.22.